The van der Waals surface area contributed by atoms with Crippen molar-refractivity contribution in [2.75, 3.05) is 39.6 Å². The Morgan fingerprint density at radius 2 is 0.549 bits per heavy atom. The molecule has 0 rings (SSSR count). The fourth-order valence-corrected chi connectivity index (χ4v) is 11.5. The number of carbonyl (C=O) groups is 4. The van der Waals surface area contributed by atoms with Gasteiger partial charge in [-0.25, -0.2) is 9.13 Å². The highest BCUT2D eigenvalue weighted by Gasteiger charge is 2.30. The minimum Gasteiger partial charge on any atom is -0.462 e. The highest BCUT2D eigenvalue weighted by molar-refractivity contribution is 7.47. The average Bonchev–Trinajstić information content (AvgIpc) is 0.921. The van der Waals surface area contributed by atoms with Gasteiger partial charge in [-0.1, -0.05) is 296 Å². The summed E-state index contributed by atoms with van der Waals surface area (Å²) in [5.41, 5.74) is 0. The highest BCUT2D eigenvalue weighted by atomic mass is 31.2. The quantitative estimate of drug-likeness (QED) is 0.0169. The third-order valence-corrected chi connectivity index (χ3v) is 17.7. The molecule has 0 aliphatic rings. The number of unbranched alkanes of at least 4 members (excludes halogenated alkanes) is 22. The number of aliphatic hydroxyl groups is 1. The van der Waals surface area contributed by atoms with Crippen molar-refractivity contribution >= 4 is 39.5 Å². The van der Waals surface area contributed by atoms with E-state index in [-0.39, 0.29) is 25.7 Å². The van der Waals surface area contributed by atoms with Crippen molar-refractivity contribution < 1.29 is 80.2 Å². The molecule has 0 saturated heterocycles. The lowest BCUT2D eigenvalue weighted by Gasteiger charge is -2.21. The minimum absolute atomic E-state index is 0.00372. The van der Waals surface area contributed by atoms with Crippen molar-refractivity contribution in [2.45, 2.75) is 316 Å². The van der Waals surface area contributed by atoms with Crippen LogP contribution >= 0.6 is 15.6 Å². The smallest absolute Gasteiger partial charge is 0.462 e. The van der Waals surface area contributed by atoms with Gasteiger partial charge in [-0.3, -0.25) is 37.3 Å². The number of aliphatic hydroxyl groups excluding tert-OH is 1. The molecule has 0 heterocycles. The second-order valence-electron chi connectivity index (χ2n) is 25.5. The molecule has 5 unspecified atom stereocenters. The van der Waals surface area contributed by atoms with Crippen molar-refractivity contribution in [2.24, 2.45) is 0 Å². The van der Waals surface area contributed by atoms with Crippen LogP contribution in [0.4, 0.5) is 0 Å². The Labute approximate surface area is 617 Å². The first kappa shape index (κ1) is 96.9. The Bertz CT molecular complexity index is 2510. The topological polar surface area (TPSA) is 237 Å². The minimum atomic E-state index is -5.01. The van der Waals surface area contributed by atoms with Gasteiger partial charge in [0, 0.05) is 25.7 Å². The van der Waals surface area contributed by atoms with E-state index < -0.39 is 97.5 Å². The summed E-state index contributed by atoms with van der Waals surface area (Å²) < 4.78 is 68.4. The zero-order chi connectivity index (χ0) is 74.6. The van der Waals surface area contributed by atoms with Crippen LogP contribution in [0.3, 0.4) is 0 Å². The van der Waals surface area contributed by atoms with Gasteiger partial charge in [0.2, 0.25) is 0 Å². The molecule has 0 saturated carbocycles. The van der Waals surface area contributed by atoms with E-state index in [0.717, 1.165) is 122 Å². The molecule has 0 amide bonds. The Hall–Kier alpha value is -5.06. The lowest BCUT2D eigenvalue weighted by molar-refractivity contribution is -0.161. The number of rotatable bonds is 72. The monoisotopic (exact) mass is 1470 g/mol. The van der Waals surface area contributed by atoms with Gasteiger partial charge in [-0.15, -0.1) is 0 Å². The summed E-state index contributed by atoms with van der Waals surface area (Å²) in [5, 5.41) is 10.6. The Balaban J connectivity index is 5.46. The molecular weight excluding hydrogens is 1330 g/mol. The van der Waals surface area contributed by atoms with Crippen molar-refractivity contribution in [3.8, 4) is 0 Å². The molecule has 0 aromatic rings. The summed E-state index contributed by atoms with van der Waals surface area (Å²) in [5.74, 6) is -2.35. The van der Waals surface area contributed by atoms with Crippen molar-refractivity contribution in [1.82, 2.24) is 0 Å². The van der Waals surface area contributed by atoms with Crippen LogP contribution < -0.4 is 0 Å². The first-order chi connectivity index (χ1) is 49.7. The SMILES string of the molecule is CC/C=C\C/C=C\C/C=C\C/C=C\C/C=C\C/C=C\CCC(=O)OCC(COP(=O)(O)OCC(O)COP(=O)(O)OCC(COC(=O)CCCCCCCCCCCCCCCCC)OC(=O)CCCCCCC/C=C\CCCC)OC(=O)CCC/C=C\C/C=C\C/C=C\C/C=C\C/C=C\CC. The number of hydrogen-bond acceptors (Lipinski definition) is 15. The van der Waals surface area contributed by atoms with Gasteiger partial charge >= 0.3 is 39.5 Å². The van der Waals surface area contributed by atoms with Gasteiger partial charge in [-0.05, 0) is 122 Å². The van der Waals surface area contributed by atoms with Gasteiger partial charge < -0.3 is 33.8 Å². The van der Waals surface area contributed by atoms with Crippen molar-refractivity contribution in [1.29, 1.82) is 0 Å². The molecular formula is C83H138O17P2. The van der Waals surface area contributed by atoms with Crippen LogP contribution in [0.2, 0.25) is 0 Å². The van der Waals surface area contributed by atoms with Crippen LogP contribution in [0.5, 0.6) is 0 Å². The first-order valence-corrected chi connectivity index (χ1v) is 42.1. The average molecular weight is 1470 g/mol. The molecule has 19 heteroatoms. The number of phosphoric acid groups is 2. The van der Waals surface area contributed by atoms with E-state index >= 15 is 0 Å². The largest absolute Gasteiger partial charge is 0.472 e. The van der Waals surface area contributed by atoms with Crippen LogP contribution in [0.1, 0.15) is 297 Å². The van der Waals surface area contributed by atoms with Crippen molar-refractivity contribution in [3.05, 3.63) is 146 Å². The zero-order valence-electron chi connectivity index (χ0n) is 63.5. The van der Waals surface area contributed by atoms with Crippen LogP contribution in [0, 0.1) is 0 Å². The molecule has 0 aromatic heterocycles. The van der Waals surface area contributed by atoms with E-state index in [1.54, 1.807) is 0 Å². The summed E-state index contributed by atoms with van der Waals surface area (Å²) in [7, 11) is -10.00. The zero-order valence-corrected chi connectivity index (χ0v) is 65.3. The second-order valence-corrected chi connectivity index (χ2v) is 28.4. The van der Waals surface area contributed by atoms with Gasteiger partial charge in [-0.2, -0.15) is 0 Å². The molecule has 102 heavy (non-hydrogen) atoms. The Kier molecular flexibility index (Phi) is 70.5. The maximum absolute atomic E-state index is 13.1. The van der Waals surface area contributed by atoms with Gasteiger partial charge in [0.15, 0.2) is 12.2 Å². The van der Waals surface area contributed by atoms with Crippen LogP contribution in [0.15, 0.2) is 146 Å². The third-order valence-electron chi connectivity index (χ3n) is 15.8. The number of ether oxygens (including phenoxy) is 4. The lowest BCUT2D eigenvalue weighted by Crippen LogP contribution is -2.30. The number of esters is 4. The number of allylic oxidation sites excluding steroid dienone is 24. The molecule has 0 aromatic carbocycles. The van der Waals surface area contributed by atoms with E-state index in [1.807, 2.05) is 30.4 Å². The molecule has 0 radical (unpaired) electrons. The number of phosphoric ester groups is 2. The predicted molar refractivity (Wildman–Crippen MR) is 417 cm³/mol. The van der Waals surface area contributed by atoms with Crippen molar-refractivity contribution in [3.63, 3.8) is 0 Å². The van der Waals surface area contributed by atoms with Gasteiger partial charge in [0.05, 0.1) is 26.4 Å². The summed E-state index contributed by atoms with van der Waals surface area (Å²) in [6.07, 6.45) is 84.4. The number of hydrogen-bond donors (Lipinski definition) is 3. The molecule has 0 fully saturated rings. The Morgan fingerprint density at radius 3 is 0.922 bits per heavy atom. The van der Waals surface area contributed by atoms with E-state index in [2.05, 4.69) is 143 Å². The molecule has 0 spiro atoms. The first-order valence-electron chi connectivity index (χ1n) is 39.1. The molecule has 5 atom stereocenters. The normalized spacial score (nSPS) is 14.7. The summed E-state index contributed by atoms with van der Waals surface area (Å²) >= 11 is 0. The Morgan fingerprint density at radius 1 is 0.284 bits per heavy atom. The molecule has 17 nitrogen and oxygen atoms in total. The molecule has 0 aliphatic carbocycles. The van der Waals surface area contributed by atoms with Gasteiger partial charge in [0.1, 0.15) is 19.3 Å². The van der Waals surface area contributed by atoms with E-state index in [9.17, 15) is 43.2 Å². The van der Waals surface area contributed by atoms with Crippen LogP contribution in [0.25, 0.3) is 0 Å². The van der Waals surface area contributed by atoms with E-state index in [1.165, 1.54) is 83.5 Å². The molecule has 0 aliphatic heterocycles. The van der Waals surface area contributed by atoms with Gasteiger partial charge in [0.25, 0.3) is 0 Å². The maximum atomic E-state index is 13.1. The second kappa shape index (κ2) is 74.2. The van der Waals surface area contributed by atoms with E-state index in [4.69, 9.17) is 37.0 Å². The fourth-order valence-electron chi connectivity index (χ4n) is 9.91. The highest BCUT2D eigenvalue weighted by Crippen LogP contribution is 2.45. The molecule has 582 valence electrons. The van der Waals surface area contributed by atoms with Crippen LogP contribution in [-0.2, 0) is 65.4 Å². The maximum Gasteiger partial charge on any atom is 0.472 e. The summed E-state index contributed by atoms with van der Waals surface area (Å²) in [6, 6.07) is 0. The molecule has 3 N–H and O–H groups in total. The lowest BCUT2D eigenvalue weighted by atomic mass is 10.0. The van der Waals surface area contributed by atoms with E-state index in [0.29, 0.717) is 38.5 Å². The fraction of sp³-hybridized carbons (Fsp3) is 0.663. The summed E-state index contributed by atoms with van der Waals surface area (Å²) in [4.78, 5) is 72.8. The predicted octanol–water partition coefficient (Wildman–Crippen LogP) is 22.7. The number of carbonyl (C=O) groups excluding carboxylic acids is 4. The standard InChI is InChI=1S/C83H138O17P2/c1-5-9-13-17-21-25-29-32-35-37-38-40-42-45-49-52-56-60-64-68-81(86)94-74-79(100-83(88)70-66-62-58-54-50-46-43-39-36-33-30-26-22-18-14-10-6-2)76-98-102(91,92)96-72-77(84)71-95-101(89,90)97-75-78(99-82(87)69-65-61-57-53-47-28-24-20-16-12-8-4)73-93-80(85)67-63-59-55-51-48-44-41-34-31-27-23-19-15-11-7-3/h9-10,13-14,20-22,24-26,32-33,35-36,38,40,43,45-46,49,54,56,58,60,77-79,84H,5-8,11-12,15-19,23,27-31,34,37,39,41-42,44,47-48,50-53,55,57,59,61-76H2,1-4H3,(H,89,90)(H,91,92)/b13-9-,14-10-,24-20-,25-21-,26-22-,35-32-,36-33-,40-38-,46-43-,49-45-,58-54-,60-56-. The third kappa shape index (κ3) is 73.3. The summed E-state index contributed by atoms with van der Waals surface area (Å²) in [6.45, 7) is 4.45. The molecule has 0 bridgehead atoms. The van der Waals surface area contributed by atoms with Crippen LogP contribution in [-0.4, -0.2) is 96.7 Å².